The normalized spacial score (nSPS) is 19.2. The molecule has 0 saturated carbocycles. The zero-order chi connectivity index (χ0) is 14.3. The molecule has 0 aromatic heterocycles. The monoisotopic (exact) mass is 291 g/mol. The first-order chi connectivity index (χ1) is 8.93. The number of hydrogen-bond acceptors (Lipinski definition) is 4. The van der Waals surface area contributed by atoms with E-state index in [4.69, 9.17) is 0 Å². The van der Waals surface area contributed by atoms with Crippen LogP contribution in [0, 0.1) is 0 Å². The van der Waals surface area contributed by atoms with Gasteiger partial charge in [0.05, 0.1) is 5.75 Å². The van der Waals surface area contributed by atoms with Gasteiger partial charge in [0.15, 0.2) is 0 Å². The van der Waals surface area contributed by atoms with E-state index in [2.05, 4.69) is 21.9 Å². The van der Waals surface area contributed by atoms with Gasteiger partial charge in [0.25, 0.3) is 0 Å². The summed E-state index contributed by atoms with van der Waals surface area (Å²) in [4.78, 5) is 2.41. The molecule has 0 aliphatic carbocycles. The molecule has 5 nitrogen and oxygen atoms in total. The number of hydrogen-bond donors (Lipinski definition) is 2. The van der Waals surface area contributed by atoms with Crippen molar-refractivity contribution in [2.45, 2.75) is 52.1 Å². The number of sulfonamides is 1. The number of nitrogens with zero attached hydrogens (tertiary/aromatic N) is 1. The number of rotatable bonds is 8. The molecular formula is C13H29N3O2S. The fraction of sp³-hybridized carbons (Fsp3) is 1.00. The Hall–Kier alpha value is -0.170. The molecule has 1 saturated heterocycles. The highest BCUT2D eigenvalue weighted by atomic mass is 32.2. The molecule has 114 valence electrons. The molecule has 0 spiro atoms. The minimum atomic E-state index is -3.14. The molecule has 19 heavy (non-hydrogen) atoms. The Morgan fingerprint density at radius 3 is 2.42 bits per heavy atom. The van der Waals surface area contributed by atoms with Crippen LogP contribution in [-0.2, 0) is 10.0 Å². The van der Waals surface area contributed by atoms with Gasteiger partial charge in [-0.15, -0.1) is 0 Å². The first-order valence-electron chi connectivity index (χ1n) is 7.38. The van der Waals surface area contributed by atoms with E-state index in [1.165, 1.54) is 0 Å². The molecule has 1 rings (SSSR count). The summed E-state index contributed by atoms with van der Waals surface area (Å²) in [5.74, 6) is 0.167. The molecule has 0 amide bonds. The largest absolute Gasteiger partial charge is 0.313 e. The SMILES string of the molecule is CCCN1CCC(NS(=O)(=O)CCNC(C)C)CC1. The van der Waals surface area contributed by atoms with Crippen molar-refractivity contribution < 1.29 is 8.42 Å². The fourth-order valence-corrected chi connectivity index (χ4v) is 3.63. The highest BCUT2D eigenvalue weighted by Crippen LogP contribution is 2.11. The van der Waals surface area contributed by atoms with Crippen LogP contribution in [0.1, 0.15) is 40.0 Å². The van der Waals surface area contributed by atoms with E-state index in [0.29, 0.717) is 12.6 Å². The van der Waals surface area contributed by atoms with Crippen LogP contribution in [0.3, 0.4) is 0 Å². The van der Waals surface area contributed by atoms with Gasteiger partial charge in [-0.05, 0) is 38.9 Å². The van der Waals surface area contributed by atoms with Crippen molar-refractivity contribution in [1.29, 1.82) is 0 Å². The van der Waals surface area contributed by atoms with Gasteiger partial charge in [-0.1, -0.05) is 20.8 Å². The van der Waals surface area contributed by atoms with Crippen molar-refractivity contribution >= 4 is 10.0 Å². The third-order valence-corrected chi connectivity index (χ3v) is 4.83. The number of likely N-dealkylation sites (tertiary alicyclic amines) is 1. The summed E-state index contributed by atoms with van der Waals surface area (Å²) in [5.41, 5.74) is 0. The van der Waals surface area contributed by atoms with Gasteiger partial charge in [-0.25, -0.2) is 13.1 Å². The van der Waals surface area contributed by atoms with Gasteiger partial charge >= 0.3 is 0 Å². The van der Waals surface area contributed by atoms with Gasteiger partial charge < -0.3 is 10.2 Å². The molecule has 0 aromatic rings. The molecule has 6 heteroatoms. The van der Waals surface area contributed by atoms with Crippen molar-refractivity contribution in [3.05, 3.63) is 0 Å². The molecule has 0 radical (unpaired) electrons. The average Bonchev–Trinajstić information content (AvgIpc) is 2.31. The van der Waals surface area contributed by atoms with E-state index in [0.717, 1.165) is 38.9 Å². The highest BCUT2D eigenvalue weighted by molar-refractivity contribution is 7.89. The van der Waals surface area contributed by atoms with Crippen molar-refractivity contribution in [3.63, 3.8) is 0 Å². The second-order valence-electron chi connectivity index (χ2n) is 5.66. The minimum absolute atomic E-state index is 0.122. The first kappa shape index (κ1) is 16.9. The van der Waals surface area contributed by atoms with E-state index in [9.17, 15) is 8.42 Å². The van der Waals surface area contributed by atoms with Crippen LogP contribution in [-0.4, -0.2) is 57.3 Å². The highest BCUT2D eigenvalue weighted by Gasteiger charge is 2.22. The van der Waals surface area contributed by atoms with E-state index in [1.54, 1.807) is 0 Å². The summed E-state index contributed by atoms with van der Waals surface area (Å²) in [7, 11) is -3.14. The fourth-order valence-electron chi connectivity index (χ4n) is 2.39. The summed E-state index contributed by atoms with van der Waals surface area (Å²) in [6.07, 6.45) is 3.02. The Kier molecular flexibility index (Phi) is 7.28. The van der Waals surface area contributed by atoms with Crippen LogP contribution < -0.4 is 10.0 Å². The van der Waals surface area contributed by atoms with Crippen molar-refractivity contribution in [3.8, 4) is 0 Å². The maximum atomic E-state index is 11.9. The Morgan fingerprint density at radius 2 is 1.89 bits per heavy atom. The molecule has 0 unspecified atom stereocenters. The molecule has 1 heterocycles. The van der Waals surface area contributed by atoms with Crippen LogP contribution in [0.5, 0.6) is 0 Å². The van der Waals surface area contributed by atoms with E-state index in [1.807, 2.05) is 13.8 Å². The molecule has 1 aliphatic heterocycles. The predicted octanol–water partition coefficient (Wildman–Crippen LogP) is 0.778. The smallest absolute Gasteiger partial charge is 0.213 e. The summed E-state index contributed by atoms with van der Waals surface area (Å²) in [5, 5.41) is 3.14. The van der Waals surface area contributed by atoms with Gasteiger partial charge in [0, 0.05) is 18.6 Å². The summed E-state index contributed by atoms with van der Waals surface area (Å²) < 4.78 is 26.7. The van der Waals surface area contributed by atoms with Crippen molar-refractivity contribution in [2.24, 2.45) is 0 Å². The maximum absolute atomic E-state index is 11.9. The van der Waals surface area contributed by atoms with Crippen LogP contribution in [0.2, 0.25) is 0 Å². The molecule has 1 fully saturated rings. The van der Waals surface area contributed by atoms with Gasteiger partial charge in [-0.2, -0.15) is 0 Å². The number of piperidine rings is 1. The summed E-state index contributed by atoms with van der Waals surface area (Å²) in [6.45, 7) is 9.86. The van der Waals surface area contributed by atoms with Gasteiger partial charge in [0.1, 0.15) is 0 Å². The molecule has 0 aromatic carbocycles. The third-order valence-electron chi connectivity index (χ3n) is 3.40. The quantitative estimate of drug-likeness (QED) is 0.694. The first-order valence-corrected chi connectivity index (χ1v) is 9.04. The van der Waals surface area contributed by atoms with Crippen molar-refractivity contribution in [1.82, 2.24) is 14.9 Å². The topological polar surface area (TPSA) is 61.4 Å². The van der Waals surface area contributed by atoms with Crippen LogP contribution in [0.15, 0.2) is 0 Å². The Labute approximate surface area is 118 Å². The van der Waals surface area contributed by atoms with E-state index < -0.39 is 10.0 Å². The predicted molar refractivity (Wildman–Crippen MR) is 79.8 cm³/mol. The standard InChI is InChI=1S/C13H29N3O2S/c1-4-8-16-9-5-13(6-10-16)15-19(17,18)11-7-14-12(2)3/h12-15H,4-11H2,1-3H3. The molecular weight excluding hydrogens is 262 g/mol. The van der Waals surface area contributed by atoms with Crippen LogP contribution in [0.4, 0.5) is 0 Å². The Balaban J connectivity index is 2.27. The van der Waals surface area contributed by atoms with Gasteiger partial charge in [-0.3, -0.25) is 0 Å². The molecule has 1 aliphatic rings. The molecule has 2 N–H and O–H groups in total. The lowest BCUT2D eigenvalue weighted by atomic mass is 10.1. The summed E-state index contributed by atoms with van der Waals surface area (Å²) in [6, 6.07) is 0.449. The van der Waals surface area contributed by atoms with Gasteiger partial charge in [0.2, 0.25) is 10.0 Å². The zero-order valence-electron chi connectivity index (χ0n) is 12.5. The van der Waals surface area contributed by atoms with E-state index in [-0.39, 0.29) is 11.8 Å². The minimum Gasteiger partial charge on any atom is -0.313 e. The molecule has 0 atom stereocenters. The lowest BCUT2D eigenvalue weighted by Gasteiger charge is -2.31. The molecule has 0 bridgehead atoms. The van der Waals surface area contributed by atoms with E-state index >= 15 is 0 Å². The lowest BCUT2D eigenvalue weighted by Crippen LogP contribution is -2.46. The van der Waals surface area contributed by atoms with Crippen LogP contribution in [0.25, 0.3) is 0 Å². The second kappa shape index (κ2) is 8.19. The zero-order valence-corrected chi connectivity index (χ0v) is 13.3. The maximum Gasteiger partial charge on any atom is 0.213 e. The van der Waals surface area contributed by atoms with Crippen molar-refractivity contribution in [2.75, 3.05) is 31.9 Å². The average molecular weight is 291 g/mol. The Bertz CT molecular complexity index is 336. The Morgan fingerprint density at radius 1 is 1.26 bits per heavy atom. The summed E-state index contributed by atoms with van der Waals surface area (Å²) >= 11 is 0. The number of nitrogens with one attached hydrogen (secondary N) is 2. The second-order valence-corrected chi connectivity index (χ2v) is 7.53. The lowest BCUT2D eigenvalue weighted by molar-refractivity contribution is 0.208. The third kappa shape index (κ3) is 7.25. The van der Waals surface area contributed by atoms with Crippen LogP contribution >= 0.6 is 0 Å².